The quantitative estimate of drug-likeness (QED) is 0.691. The average molecular weight is 390 g/mol. The number of hydrogen-bond donors (Lipinski definition) is 3. The molecule has 0 atom stereocenters. The third-order valence-electron chi connectivity index (χ3n) is 3.69. The van der Waals surface area contributed by atoms with E-state index < -0.39 is 10.0 Å². The lowest BCUT2D eigenvalue weighted by molar-refractivity contribution is -0.116. The van der Waals surface area contributed by atoms with E-state index in [4.69, 9.17) is 5.14 Å². The van der Waals surface area contributed by atoms with Gasteiger partial charge >= 0.3 is 0 Å². The van der Waals surface area contributed by atoms with Gasteiger partial charge in [0.05, 0.1) is 22.7 Å². The summed E-state index contributed by atoms with van der Waals surface area (Å²) in [6, 6.07) is 11.2. The van der Waals surface area contributed by atoms with Gasteiger partial charge in [-0.05, 0) is 35.9 Å². The molecule has 0 bridgehead atoms. The number of amides is 2. The van der Waals surface area contributed by atoms with E-state index in [2.05, 4.69) is 10.6 Å². The number of nitrogens with two attached hydrogens (primary N) is 1. The Morgan fingerprint density at radius 3 is 2.19 bits per heavy atom. The maximum Gasteiger partial charge on any atom is 0.238 e. The SMILES string of the molecule is CC(=O)Nc1ccc(CC(=O)Nc2cc(S(N)(=O)=O)ccc2N(C)C)cc1. The number of sulfonamides is 1. The van der Waals surface area contributed by atoms with Crippen molar-refractivity contribution in [3.05, 3.63) is 48.0 Å². The molecule has 2 aromatic carbocycles. The Labute approximate surface area is 158 Å². The number of anilines is 3. The first-order chi connectivity index (χ1) is 12.6. The highest BCUT2D eigenvalue weighted by atomic mass is 32.2. The minimum atomic E-state index is -3.88. The highest BCUT2D eigenvalue weighted by Crippen LogP contribution is 2.27. The molecule has 0 unspecified atom stereocenters. The number of nitrogens with zero attached hydrogens (tertiary/aromatic N) is 1. The Morgan fingerprint density at radius 1 is 1.04 bits per heavy atom. The summed E-state index contributed by atoms with van der Waals surface area (Å²) >= 11 is 0. The third kappa shape index (κ3) is 5.80. The lowest BCUT2D eigenvalue weighted by Gasteiger charge is -2.19. The van der Waals surface area contributed by atoms with Gasteiger partial charge in [-0.25, -0.2) is 13.6 Å². The number of carbonyl (C=O) groups is 2. The van der Waals surface area contributed by atoms with E-state index in [-0.39, 0.29) is 23.1 Å². The second-order valence-corrected chi connectivity index (χ2v) is 7.78. The first-order valence-electron chi connectivity index (χ1n) is 8.07. The zero-order valence-corrected chi connectivity index (χ0v) is 16.1. The van der Waals surface area contributed by atoms with Crippen LogP contribution in [0, 0.1) is 0 Å². The molecule has 0 aliphatic rings. The summed E-state index contributed by atoms with van der Waals surface area (Å²) in [6.07, 6.45) is 0.0901. The highest BCUT2D eigenvalue weighted by Gasteiger charge is 2.15. The number of benzene rings is 2. The van der Waals surface area contributed by atoms with Crippen LogP contribution in [0.25, 0.3) is 0 Å². The van der Waals surface area contributed by atoms with Crippen LogP contribution < -0.4 is 20.7 Å². The smallest absolute Gasteiger partial charge is 0.238 e. The molecular formula is C18H22N4O4S. The minimum absolute atomic E-state index is 0.0805. The summed E-state index contributed by atoms with van der Waals surface area (Å²) in [5.41, 5.74) is 2.39. The standard InChI is InChI=1S/C18H22N4O4S/c1-12(23)20-14-6-4-13(5-7-14)10-18(24)21-16-11-15(27(19,25)26)8-9-17(16)22(2)3/h4-9,11H,10H2,1-3H3,(H,20,23)(H,21,24)(H2,19,25,26). The summed E-state index contributed by atoms with van der Waals surface area (Å²) in [5.74, 6) is -0.483. The molecule has 2 rings (SSSR count). The van der Waals surface area contributed by atoms with Crippen molar-refractivity contribution in [2.45, 2.75) is 18.2 Å². The van der Waals surface area contributed by atoms with Crippen molar-refractivity contribution in [1.29, 1.82) is 0 Å². The predicted octanol–water partition coefficient (Wildman–Crippen LogP) is 1.54. The average Bonchev–Trinajstić information content (AvgIpc) is 2.55. The third-order valence-corrected chi connectivity index (χ3v) is 4.60. The first kappa shape index (κ1) is 20.4. The van der Waals surface area contributed by atoms with Gasteiger partial charge in [0.15, 0.2) is 0 Å². The van der Waals surface area contributed by atoms with Crippen LogP contribution in [0.4, 0.5) is 17.1 Å². The molecule has 4 N–H and O–H groups in total. The number of rotatable bonds is 6. The molecule has 2 aromatic rings. The van der Waals surface area contributed by atoms with Crippen LogP contribution in [0.15, 0.2) is 47.4 Å². The Bertz CT molecular complexity index is 954. The molecule has 144 valence electrons. The van der Waals surface area contributed by atoms with E-state index >= 15 is 0 Å². The van der Waals surface area contributed by atoms with Crippen LogP contribution in [0.5, 0.6) is 0 Å². The fourth-order valence-corrected chi connectivity index (χ4v) is 3.01. The molecule has 0 spiro atoms. The molecular weight excluding hydrogens is 368 g/mol. The van der Waals surface area contributed by atoms with Crippen LogP contribution in [0.1, 0.15) is 12.5 Å². The second-order valence-electron chi connectivity index (χ2n) is 6.22. The maximum absolute atomic E-state index is 12.4. The van der Waals surface area contributed by atoms with Gasteiger partial charge < -0.3 is 15.5 Å². The van der Waals surface area contributed by atoms with E-state index in [1.165, 1.54) is 19.1 Å². The minimum Gasteiger partial charge on any atom is -0.376 e. The van der Waals surface area contributed by atoms with Crippen LogP contribution in [0.3, 0.4) is 0 Å². The Hall–Kier alpha value is -2.91. The molecule has 0 aromatic heterocycles. The fourth-order valence-electron chi connectivity index (χ4n) is 2.47. The summed E-state index contributed by atoms with van der Waals surface area (Å²) < 4.78 is 23.1. The van der Waals surface area contributed by atoms with Gasteiger partial charge in [0, 0.05) is 26.7 Å². The molecule has 9 heteroatoms. The molecule has 0 aliphatic carbocycles. The van der Waals surface area contributed by atoms with Gasteiger partial charge in [-0.2, -0.15) is 0 Å². The lowest BCUT2D eigenvalue weighted by atomic mass is 10.1. The van der Waals surface area contributed by atoms with Crippen molar-refractivity contribution >= 4 is 38.9 Å². The second kappa shape index (κ2) is 8.19. The molecule has 2 amide bonds. The van der Waals surface area contributed by atoms with Gasteiger partial charge in [-0.3, -0.25) is 9.59 Å². The summed E-state index contributed by atoms with van der Waals surface area (Å²) in [5, 5.41) is 10.6. The first-order valence-corrected chi connectivity index (χ1v) is 9.61. The maximum atomic E-state index is 12.4. The van der Waals surface area contributed by atoms with Gasteiger partial charge in [-0.15, -0.1) is 0 Å². The van der Waals surface area contributed by atoms with Crippen LogP contribution in [-0.4, -0.2) is 34.3 Å². The number of primary sulfonamides is 1. The van der Waals surface area contributed by atoms with Crippen LogP contribution in [0.2, 0.25) is 0 Å². The zero-order chi connectivity index (χ0) is 20.2. The normalized spacial score (nSPS) is 11.0. The van der Waals surface area contributed by atoms with Crippen molar-refractivity contribution in [1.82, 2.24) is 0 Å². The van der Waals surface area contributed by atoms with Crippen LogP contribution >= 0.6 is 0 Å². The van der Waals surface area contributed by atoms with Gasteiger partial charge in [0.2, 0.25) is 21.8 Å². The molecule has 0 saturated carbocycles. The summed E-state index contributed by atoms with van der Waals surface area (Å²) in [7, 11) is -0.321. The fraction of sp³-hybridized carbons (Fsp3) is 0.222. The van der Waals surface area contributed by atoms with Gasteiger partial charge in [-0.1, -0.05) is 12.1 Å². The topological polar surface area (TPSA) is 122 Å². The zero-order valence-electron chi connectivity index (χ0n) is 15.3. The number of nitrogens with one attached hydrogen (secondary N) is 2. The van der Waals surface area contributed by atoms with Crippen molar-refractivity contribution in [2.75, 3.05) is 29.6 Å². The molecule has 0 saturated heterocycles. The van der Waals surface area contributed by atoms with Crippen molar-refractivity contribution in [3.8, 4) is 0 Å². The number of carbonyl (C=O) groups excluding carboxylic acids is 2. The van der Waals surface area contributed by atoms with Crippen molar-refractivity contribution in [3.63, 3.8) is 0 Å². The van der Waals surface area contributed by atoms with Crippen molar-refractivity contribution in [2.24, 2.45) is 5.14 Å². The summed E-state index contributed by atoms with van der Waals surface area (Å²) in [6.45, 7) is 1.42. The van der Waals surface area contributed by atoms with Crippen molar-refractivity contribution < 1.29 is 18.0 Å². The molecule has 0 heterocycles. The predicted molar refractivity (Wildman–Crippen MR) is 105 cm³/mol. The monoisotopic (exact) mass is 390 g/mol. The molecule has 8 nitrogen and oxygen atoms in total. The Balaban J connectivity index is 2.18. The summed E-state index contributed by atoms with van der Waals surface area (Å²) in [4.78, 5) is 25.1. The van der Waals surface area contributed by atoms with E-state index in [0.29, 0.717) is 17.1 Å². The van der Waals surface area contributed by atoms with E-state index in [1.54, 1.807) is 49.3 Å². The molecule has 0 fully saturated rings. The Morgan fingerprint density at radius 2 is 1.67 bits per heavy atom. The molecule has 0 aliphatic heterocycles. The molecule has 0 radical (unpaired) electrons. The lowest BCUT2D eigenvalue weighted by Crippen LogP contribution is -2.19. The Kier molecular flexibility index (Phi) is 6.19. The molecule has 27 heavy (non-hydrogen) atoms. The van der Waals surface area contributed by atoms with E-state index in [0.717, 1.165) is 5.56 Å². The van der Waals surface area contributed by atoms with Gasteiger partial charge in [0.25, 0.3) is 0 Å². The number of hydrogen-bond acceptors (Lipinski definition) is 5. The van der Waals surface area contributed by atoms with E-state index in [1.807, 2.05) is 0 Å². The van der Waals surface area contributed by atoms with Gasteiger partial charge in [0.1, 0.15) is 0 Å². The van der Waals surface area contributed by atoms with Crippen LogP contribution in [-0.2, 0) is 26.0 Å². The largest absolute Gasteiger partial charge is 0.376 e. The van der Waals surface area contributed by atoms with E-state index in [9.17, 15) is 18.0 Å². The highest BCUT2D eigenvalue weighted by molar-refractivity contribution is 7.89.